The number of rotatable bonds is 7. The van der Waals surface area contributed by atoms with Crippen molar-refractivity contribution >= 4 is 0 Å². The molecule has 2 aliphatic rings. The Bertz CT molecular complexity index is 733. The second-order valence-electron chi connectivity index (χ2n) is 7.22. The number of nitrogens with zero attached hydrogens (tertiary/aromatic N) is 3. The molecule has 1 aromatic rings. The van der Waals surface area contributed by atoms with Crippen molar-refractivity contribution in [1.29, 1.82) is 0 Å². The van der Waals surface area contributed by atoms with Crippen molar-refractivity contribution in [1.82, 2.24) is 15.0 Å². The molecular formula is C17H27N3O12. The van der Waals surface area contributed by atoms with E-state index in [1.165, 1.54) is 14.2 Å². The summed E-state index contributed by atoms with van der Waals surface area (Å²) < 4.78 is 26.3. The Hall–Kier alpha value is -1.79. The molecule has 0 amide bonds. The van der Waals surface area contributed by atoms with E-state index in [2.05, 4.69) is 15.0 Å². The molecular weight excluding hydrogens is 438 g/mol. The Labute approximate surface area is 181 Å². The Morgan fingerprint density at radius 3 is 1.84 bits per heavy atom. The van der Waals surface area contributed by atoms with Crippen LogP contribution in [0.25, 0.3) is 0 Å². The first-order valence-corrected chi connectivity index (χ1v) is 9.68. The standard InChI is InChI=1S/C17H27N3O12/c1-28-16-18-14(19-17(20-16)29-2)13-10(26)9(25)12(6(4-22)30-13)32-15-11(27)8(24)7(23)5(3-21)31-15/h5-13,15,21-27H,3-4H2,1-2H3/t5-,6-,7+,8+,9-,10-,11-,12-,13-,15+/m1/s1. The summed E-state index contributed by atoms with van der Waals surface area (Å²) in [6.07, 6.45) is -15.4. The van der Waals surface area contributed by atoms with Gasteiger partial charge in [-0.3, -0.25) is 0 Å². The van der Waals surface area contributed by atoms with Crippen LogP contribution in [0.15, 0.2) is 0 Å². The van der Waals surface area contributed by atoms with Gasteiger partial charge in [-0.2, -0.15) is 9.97 Å². The van der Waals surface area contributed by atoms with Crippen LogP contribution in [0.3, 0.4) is 0 Å². The quantitative estimate of drug-likeness (QED) is 0.200. The van der Waals surface area contributed by atoms with Crippen molar-refractivity contribution in [2.24, 2.45) is 0 Å². The van der Waals surface area contributed by atoms with Gasteiger partial charge in [0.25, 0.3) is 0 Å². The number of methoxy groups -OCH3 is 2. The van der Waals surface area contributed by atoms with Crippen molar-refractivity contribution in [3.05, 3.63) is 5.82 Å². The number of hydrogen-bond acceptors (Lipinski definition) is 15. The SMILES string of the molecule is COc1nc(OC)nc([C@@H]2O[C@H](CO)[C@@H](O[C@@H]3O[C@H](CO)[C@H](O)[C@H](O)[C@H]3O)[C@H](O)[C@H]2O)n1. The van der Waals surface area contributed by atoms with E-state index in [9.17, 15) is 35.7 Å². The minimum atomic E-state index is -1.76. The van der Waals surface area contributed by atoms with E-state index < -0.39 is 74.4 Å². The van der Waals surface area contributed by atoms with E-state index in [-0.39, 0.29) is 17.8 Å². The minimum absolute atomic E-state index is 0.141. The molecule has 3 heterocycles. The van der Waals surface area contributed by atoms with Gasteiger partial charge in [0.15, 0.2) is 12.1 Å². The molecule has 1 aromatic heterocycles. The molecule has 0 aromatic carbocycles. The molecule has 15 heteroatoms. The first-order valence-electron chi connectivity index (χ1n) is 9.68. The van der Waals surface area contributed by atoms with Gasteiger partial charge in [0.05, 0.1) is 27.4 Å². The summed E-state index contributed by atoms with van der Waals surface area (Å²) in [5.74, 6) is -0.148. The van der Waals surface area contributed by atoms with Crippen LogP contribution in [-0.4, -0.2) is 133 Å². The molecule has 7 N–H and O–H groups in total. The highest BCUT2D eigenvalue weighted by Crippen LogP contribution is 2.35. The third-order valence-electron chi connectivity index (χ3n) is 5.24. The van der Waals surface area contributed by atoms with Crippen LogP contribution in [-0.2, 0) is 14.2 Å². The van der Waals surface area contributed by atoms with Gasteiger partial charge in [-0.25, -0.2) is 0 Å². The first-order chi connectivity index (χ1) is 15.2. The Morgan fingerprint density at radius 2 is 1.31 bits per heavy atom. The first kappa shape index (κ1) is 24.8. The van der Waals surface area contributed by atoms with Crippen LogP contribution in [0.5, 0.6) is 12.0 Å². The van der Waals surface area contributed by atoms with Crippen molar-refractivity contribution in [2.45, 2.75) is 61.2 Å². The van der Waals surface area contributed by atoms with Gasteiger partial charge in [-0.15, -0.1) is 4.98 Å². The summed E-state index contributed by atoms with van der Waals surface area (Å²) >= 11 is 0. The molecule has 0 radical (unpaired) electrons. The third-order valence-corrected chi connectivity index (χ3v) is 5.24. The summed E-state index contributed by atoms with van der Waals surface area (Å²) in [5.41, 5.74) is 0. The number of aliphatic hydroxyl groups excluding tert-OH is 7. The highest BCUT2D eigenvalue weighted by Gasteiger charge is 2.51. The van der Waals surface area contributed by atoms with Crippen LogP contribution in [0.4, 0.5) is 0 Å². The van der Waals surface area contributed by atoms with E-state index in [0.29, 0.717) is 0 Å². The lowest BCUT2D eigenvalue weighted by Gasteiger charge is -2.45. The van der Waals surface area contributed by atoms with Crippen molar-refractivity contribution in [3.63, 3.8) is 0 Å². The van der Waals surface area contributed by atoms with E-state index >= 15 is 0 Å². The summed E-state index contributed by atoms with van der Waals surface area (Å²) in [7, 11) is 2.60. The third kappa shape index (κ3) is 4.76. The molecule has 2 saturated heterocycles. The van der Waals surface area contributed by atoms with E-state index in [4.69, 9.17) is 23.7 Å². The smallest absolute Gasteiger partial charge is 0.322 e. The summed E-state index contributed by atoms with van der Waals surface area (Å²) in [6, 6.07) is -0.283. The zero-order valence-corrected chi connectivity index (χ0v) is 17.2. The van der Waals surface area contributed by atoms with Gasteiger partial charge in [0, 0.05) is 0 Å². The van der Waals surface area contributed by atoms with Gasteiger partial charge < -0.3 is 59.4 Å². The normalized spacial score (nSPS) is 40.2. The largest absolute Gasteiger partial charge is 0.467 e. The number of aliphatic hydroxyl groups is 7. The summed E-state index contributed by atoms with van der Waals surface area (Å²) in [6.45, 7) is -1.38. The molecule has 3 rings (SSSR count). The Kier molecular flexibility index (Phi) is 8.10. The highest BCUT2D eigenvalue weighted by atomic mass is 16.7. The van der Waals surface area contributed by atoms with Crippen molar-refractivity contribution < 1.29 is 59.4 Å². The van der Waals surface area contributed by atoms with E-state index in [1.54, 1.807) is 0 Å². The lowest BCUT2D eigenvalue weighted by molar-refractivity contribution is -0.343. The highest BCUT2D eigenvalue weighted by molar-refractivity contribution is 5.11. The monoisotopic (exact) mass is 465 g/mol. The maximum atomic E-state index is 10.7. The Balaban J connectivity index is 1.81. The maximum absolute atomic E-state index is 10.7. The van der Waals surface area contributed by atoms with E-state index in [1.807, 2.05) is 0 Å². The van der Waals surface area contributed by atoms with Crippen LogP contribution in [0.2, 0.25) is 0 Å². The van der Waals surface area contributed by atoms with Gasteiger partial charge in [-0.1, -0.05) is 0 Å². The topological polar surface area (TPSA) is 226 Å². The molecule has 2 fully saturated rings. The fraction of sp³-hybridized carbons (Fsp3) is 0.824. The predicted octanol–water partition coefficient (Wildman–Crippen LogP) is -4.77. The maximum Gasteiger partial charge on any atom is 0.322 e. The fourth-order valence-electron chi connectivity index (χ4n) is 3.47. The molecule has 0 spiro atoms. The molecule has 15 nitrogen and oxygen atoms in total. The van der Waals surface area contributed by atoms with Crippen LogP contribution < -0.4 is 9.47 Å². The minimum Gasteiger partial charge on any atom is -0.467 e. The predicted molar refractivity (Wildman–Crippen MR) is 98.3 cm³/mol. The average molecular weight is 465 g/mol. The van der Waals surface area contributed by atoms with Crippen molar-refractivity contribution in [3.8, 4) is 12.0 Å². The van der Waals surface area contributed by atoms with Gasteiger partial charge >= 0.3 is 12.0 Å². The molecule has 0 aliphatic carbocycles. The molecule has 0 unspecified atom stereocenters. The lowest BCUT2D eigenvalue weighted by Crippen LogP contribution is -2.63. The van der Waals surface area contributed by atoms with Gasteiger partial charge in [0.2, 0.25) is 0 Å². The second-order valence-corrected chi connectivity index (χ2v) is 7.22. The average Bonchev–Trinajstić information content (AvgIpc) is 2.81. The molecule has 2 aliphatic heterocycles. The van der Waals surface area contributed by atoms with Crippen LogP contribution >= 0.6 is 0 Å². The lowest BCUT2D eigenvalue weighted by atomic mass is 9.94. The molecule has 10 atom stereocenters. The molecule has 182 valence electrons. The summed E-state index contributed by atoms with van der Waals surface area (Å²) in [4.78, 5) is 11.8. The number of aromatic nitrogens is 3. The van der Waals surface area contributed by atoms with Gasteiger partial charge in [0.1, 0.15) is 54.9 Å². The molecule has 0 saturated carbocycles. The van der Waals surface area contributed by atoms with Crippen molar-refractivity contribution in [2.75, 3.05) is 27.4 Å². The Morgan fingerprint density at radius 1 is 0.719 bits per heavy atom. The zero-order valence-electron chi connectivity index (χ0n) is 17.2. The van der Waals surface area contributed by atoms with Crippen LogP contribution in [0, 0.1) is 0 Å². The van der Waals surface area contributed by atoms with Gasteiger partial charge in [-0.05, 0) is 0 Å². The van der Waals surface area contributed by atoms with E-state index in [0.717, 1.165) is 0 Å². The molecule has 32 heavy (non-hydrogen) atoms. The second kappa shape index (κ2) is 10.4. The number of hydrogen-bond donors (Lipinski definition) is 7. The summed E-state index contributed by atoms with van der Waals surface area (Å²) in [5, 5.41) is 70.4. The zero-order chi connectivity index (χ0) is 23.6. The fourth-order valence-corrected chi connectivity index (χ4v) is 3.47. The van der Waals surface area contributed by atoms with Crippen LogP contribution in [0.1, 0.15) is 11.9 Å². The molecule has 0 bridgehead atoms. The number of ether oxygens (including phenoxy) is 5.